The van der Waals surface area contributed by atoms with Crippen LogP contribution < -0.4 is 0 Å². The Kier molecular flexibility index (Phi) is 4.15. The average Bonchev–Trinajstić information content (AvgIpc) is 2.80. The molecule has 0 aliphatic heterocycles. The van der Waals surface area contributed by atoms with Crippen LogP contribution in [0.15, 0.2) is 30.6 Å². The third-order valence-electron chi connectivity index (χ3n) is 2.83. The quantitative estimate of drug-likeness (QED) is 0.775. The van der Waals surface area contributed by atoms with Crippen molar-refractivity contribution < 1.29 is 4.79 Å². The predicted molar refractivity (Wildman–Crippen MR) is 72.2 cm³/mol. The number of hydrogen-bond donors (Lipinski definition) is 0. The minimum Gasteiger partial charge on any atom is -0.335 e. The number of aldehydes is 1. The van der Waals surface area contributed by atoms with Crippen molar-refractivity contribution in [1.82, 2.24) is 9.55 Å². The van der Waals surface area contributed by atoms with E-state index in [-0.39, 0.29) is 0 Å². The van der Waals surface area contributed by atoms with Crippen LogP contribution in [0.3, 0.4) is 0 Å². The van der Waals surface area contributed by atoms with Gasteiger partial charge in [-0.05, 0) is 18.1 Å². The first kappa shape index (κ1) is 12.8. The molecule has 2 aromatic rings. The summed E-state index contributed by atoms with van der Waals surface area (Å²) >= 11 is 6.16. The molecular formula is C14H15ClN2O. The molecule has 4 heteroatoms. The van der Waals surface area contributed by atoms with E-state index in [9.17, 15) is 4.79 Å². The van der Waals surface area contributed by atoms with Gasteiger partial charge >= 0.3 is 0 Å². The van der Waals surface area contributed by atoms with E-state index in [1.165, 1.54) is 0 Å². The van der Waals surface area contributed by atoms with Gasteiger partial charge in [-0.3, -0.25) is 4.79 Å². The molecule has 1 heterocycles. The number of rotatable bonds is 5. The van der Waals surface area contributed by atoms with Gasteiger partial charge in [0.25, 0.3) is 0 Å². The van der Waals surface area contributed by atoms with Crippen LogP contribution in [-0.4, -0.2) is 15.8 Å². The van der Waals surface area contributed by atoms with E-state index in [2.05, 4.69) is 16.5 Å². The molecule has 0 spiro atoms. The summed E-state index contributed by atoms with van der Waals surface area (Å²) in [5.41, 5.74) is 1.59. The first-order valence-corrected chi connectivity index (χ1v) is 6.36. The van der Waals surface area contributed by atoms with Gasteiger partial charge in [0.1, 0.15) is 12.1 Å². The molecule has 0 saturated heterocycles. The Balaban J connectivity index is 2.23. The van der Waals surface area contributed by atoms with E-state index >= 15 is 0 Å². The maximum absolute atomic E-state index is 10.7. The number of aryl methyl sites for hydroxylation is 1. The number of benzene rings is 1. The number of halogens is 1. The molecule has 94 valence electrons. The number of carbonyl (C=O) groups excluding carboxylic acids is 1. The van der Waals surface area contributed by atoms with E-state index in [1.807, 2.05) is 12.3 Å². The number of imidazole rings is 1. The molecule has 2 rings (SSSR count). The summed E-state index contributed by atoms with van der Waals surface area (Å²) in [5.74, 6) is 0.998. The molecule has 0 unspecified atom stereocenters. The largest absolute Gasteiger partial charge is 0.335 e. The molecule has 18 heavy (non-hydrogen) atoms. The number of aromatic nitrogens is 2. The summed E-state index contributed by atoms with van der Waals surface area (Å²) in [7, 11) is 0. The van der Waals surface area contributed by atoms with Gasteiger partial charge in [0.2, 0.25) is 0 Å². The molecule has 0 aliphatic carbocycles. The predicted octanol–water partition coefficient (Wildman–Crippen LogP) is 3.35. The highest BCUT2D eigenvalue weighted by molar-refractivity contribution is 6.31. The Morgan fingerprint density at radius 1 is 1.44 bits per heavy atom. The topological polar surface area (TPSA) is 34.9 Å². The van der Waals surface area contributed by atoms with Crippen LogP contribution in [0.1, 0.15) is 35.1 Å². The summed E-state index contributed by atoms with van der Waals surface area (Å²) in [5, 5.41) is 0.616. The third-order valence-corrected chi connectivity index (χ3v) is 3.18. The standard InChI is InChI=1S/C14H15ClN2O/c1-2-6-17-7-5-16-14(17)9-12-4-3-11(10-18)8-13(12)15/h3-5,7-8,10H,2,6,9H2,1H3. The van der Waals surface area contributed by atoms with Gasteiger partial charge in [0, 0.05) is 35.9 Å². The number of carbonyl (C=O) groups is 1. The van der Waals surface area contributed by atoms with Crippen LogP contribution >= 0.6 is 11.6 Å². The van der Waals surface area contributed by atoms with Gasteiger partial charge in [-0.1, -0.05) is 30.7 Å². The van der Waals surface area contributed by atoms with Crippen LogP contribution in [-0.2, 0) is 13.0 Å². The van der Waals surface area contributed by atoms with E-state index in [4.69, 9.17) is 11.6 Å². The molecule has 0 amide bonds. The lowest BCUT2D eigenvalue weighted by Crippen LogP contribution is -2.03. The fourth-order valence-electron chi connectivity index (χ4n) is 1.90. The zero-order valence-corrected chi connectivity index (χ0v) is 11.0. The molecule has 3 nitrogen and oxygen atoms in total. The van der Waals surface area contributed by atoms with Crippen molar-refractivity contribution in [2.75, 3.05) is 0 Å². The fraction of sp³-hybridized carbons (Fsp3) is 0.286. The van der Waals surface area contributed by atoms with E-state index in [0.29, 0.717) is 17.0 Å². The Morgan fingerprint density at radius 2 is 2.28 bits per heavy atom. The second kappa shape index (κ2) is 5.83. The molecule has 0 radical (unpaired) electrons. The molecule has 0 fully saturated rings. The van der Waals surface area contributed by atoms with Crippen LogP contribution in [0.2, 0.25) is 5.02 Å². The third kappa shape index (κ3) is 2.79. The zero-order chi connectivity index (χ0) is 13.0. The molecular weight excluding hydrogens is 248 g/mol. The maximum atomic E-state index is 10.7. The molecule has 0 atom stereocenters. The van der Waals surface area contributed by atoms with Crippen molar-refractivity contribution in [2.24, 2.45) is 0 Å². The summed E-state index contributed by atoms with van der Waals surface area (Å²) in [4.78, 5) is 15.0. The lowest BCUT2D eigenvalue weighted by Gasteiger charge is -2.08. The van der Waals surface area contributed by atoms with Gasteiger partial charge in [0.15, 0.2) is 0 Å². The van der Waals surface area contributed by atoms with Crippen molar-refractivity contribution in [3.8, 4) is 0 Å². The van der Waals surface area contributed by atoms with Crippen LogP contribution in [0.25, 0.3) is 0 Å². The molecule has 0 saturated carbocycles. The van der Waals surface area contributed by atoms with E-state index < -0.39 is 0 Å². The van der Waals surface area contributed by atoms with Crippen LogP contribution in [0, 0.1) is 0 Å². The Labute approximate surface area is 111 Å². The highest BCUT2D eigenvalue weighted by Crippen LogP contribution is 2.20. The van der Waals surface area contributed by atoms with Gasteiger partial charge < -0.3 is 4.57 Å². The minimum atomic E-state index is 0.598. The van der Waals surface area contributed by atoms with Crippen LogP contribution in [0.5, 0.6) is 0 Å². The SMILES string of the molecule is CCCn1ccnc1Cc1ccc(C=O)cc1Cl. The normalized spacial score (nSPS) is 10.6. The zero-order valence-electron chi connectivity index (χ0n) is 10.3. The second-order valence-corrected chi connectivity index (χ2v) is 4.59. The van der Waals surface area contributed by atoms with Crippen molar-refractivity contribution in [2.45, 2.75) is 26.3 Å². The Morgan fingerprint density at radius 3 is 2.94 bits per heavy atom. The molecule has 0 aliphatic rings. The maximum Gasteiger partial charge on any atom is 0.150 e. The second-order valence-electron chi connectivity index (χ2n) is 4.18. The summed E-state index contributed by atoms with van der Waals surface area (Å²) in [6.07, 6.45) is 6.34. The molecule has 0 bridgehead atoms. The van der Waals surface area contributed by atoms with Crippen molar-refractivity contribution in [3.63, 3.8) is 0 Å². The van der Waals surface area contributed by atoms with Crippen LogP contribution in [0.4, 0.5) is 0 Å². The van der Waals surface area contributed by atoms with Gasteiger partial charge in [-0.15, -0.1) is 0 Å². The first-order chi connectivity index (χ1) is 8.74. The molecule has 1 aromatic heterocycles. The lowest BCUT2D eigenvalue weighted by molar-refractivity contribution is 0.112. The van der Waals surface area contributed by atoms with Gasteiger partial charge in [0.05, 0.1) is 0 Å². The summed E-state index contributed by atoms with van der Waals surface area (Å²) in [6, 6.07) is 5.36. The number of nitrogens with zero attached hydrogens (tertiary/aromatic N) is 2. The molecule has 0 N–H and O–H groups in total. The summed E-state index contributed by atoms with van der Waals surface area (Å²) in [6.45, 7) is 3.09. The van der Waals surface area contributed by atoms with E-state index in [0.717, 1.165) is 30.6 Å². The highest BCUT2D eigenvalue weighted by Gasteiger charge is 2.07. The lowest BCUT2D eigenvalue weighted by atomic mass is 10.1. The van der Waals surface area contributed by atoms with Gasteiger partial charge in [-0.2, -0.15) is 0 Å². The number of hydrogen-bond acceptors (Lipinski definition) is 2. The smallest absolute Gasteiger partial charge is 0.150 e. The average molecular weight is 263 g/mol. The summed E-state index contributed by atoms with van der Waals surface area (Å²) < 4.78 is 2.13. The Hall–Kier alpha value is -1.61. The fourth-order valence-corrected chi connectivity index (χ4v) is 2.16. The van der Waals surface area contributed by atoms with Crippen molar-refractivity contribution >= 4 is 17.9 Å². The minimum absolute atomic E-state index is 0.598. The molecule has 1 aromatic carbocycles. The monoisotopic (exact) mass is 262 g/mol. The Bertz CT molecular complexity index is 548. The van der Waals surface area contributed by atoms with Crippen molar-refractivity contribution in [1.29, 1.82) is 0 Å². The van der Waals surface area contributed by atoms with Gasteiger partial charge in [-0.25, -0.2) is 4.98 Å². The van der Waals surface area contributed by atoms with Crippen molar-refractivity contribution in [3.05, 3.63) is 52.6 Å². The first-order valence-electron chi connectivity index (χ1n) is 5.98. The van der Waals surface area contributed by atoms with E-state index in [1.54, 1.807) is 18.3 Å². The highest BCUT2D eigenvalue weighted by atomic mass is 35.5.